The molecule has 1 atom stereocenters. The number of ether oxygens (including phenoxy) is 1. The highest BCUT2D eigenvalue weighted by atomic mass is 16.5. The highest BCUT2D eigenvalue weighted by Crippen LogP contribution is 2.17. The molecule has 2 rings (SSSR count). The van der Waals surface area contributed by atoms with E-state index in [1.54, 1.807) is 30.1 Å². The fourth-order valence-corrected chi connectivity index (χ4v) is 2.60. The molecule has 0 radical (unpaired) electrons. The second-order valence-corrected chi connectivity index (χ2v) is 5.59. The van der Waals surface area contributed by atoms with E-state index >= 15 is 0 Å². The number of carboxylic acids is 1. The third kappa shape index (κ3) is 3.98. The van der Waals surface area contributed by atoms with Gasteiger partial charge in [-0.05, 0) is 25.3 Å². The zero-order valence-corrected chi connectivity index (χ0v) is 12.9. The van der Waals surface area contributed by atoms with Gasteiger partial charge in [-0.15, -0.1) is 0 Å². The lowest BCUT2D eigenvalue weighted by molar-refractivity contribution is -0.139. The summed E-state index contributed by atoms with van der Waals surface area (Å²) in [5.74, 6) is -1.07. The number of aryl methyl sites for hydroxylation is 1. The second-order valence-electron chi connectivity index (χ2n) is 5.59. The van der Waals surface area contributed by atoms with Gasteiger partial charge in [-0.3, -0.25) is 0 Å². The fourth-order valence-electron chi connectivity index (χ4n) is 2.60. The SMILES string of the molecule is Cc1cccc(C(NC(=O)N(C)C2CCOCC2)C(=O)O)c1. The van der Waals surface area contributed by atoms with Gasteiger partial charge < -0.3 is 20.1 Å². The Morgan fingerprint density at radius 1 is 1.36 bits per heavy atom. The molecule has 6 nitrogen and oxygen atoms in total. The van der Waals surface area contributed by atoms with Crippen LogP contribution < -0.4 is 5.32 Å². The van der Waals surface area contributed by atoms with Crippen LogP contribution in [0.4, 0.5) is 4.79 Å². The van der Waals surface area contributed by atoms with Crippen LogP contribution in [0.2, 0.25) is 0 Å². The van der Waals surface area contributed by atoms with Crippen LogP contribution in [-0.4, -0.2) is 48.3 Å². The largest absolute Gasteiger partial charge is 0.479 e. The van der Waals surface area contributed by atoms with Crippen LogP contribution in [0.25, 0.3) is 0 Å². The second kappa shape index (κ2) is 7.26. The summed E-state index contributed by atoms with van der Waals surface area (Å²) in [6.07, 6.45) is 1.54. The Kier molecular flexibility index (Phi) is 5.38. The molecule has 1 heterocycles. The molecule has 1 fully saturated rings. The van der Waals surface area contributed by atoms with E-state index in [0.29, 0.717) is 18.8 Å². The Labute approximate surface area is 130 Å². The number of carboxylic acid groups (broad SMARTS) is 1. The van der Waals surface area contributed by atoms with Crippen molar-refractivity contribution in [1.29, 1.82) is 0 Å². The van der Waals surface area contributed by atoms with E-state index in [-0.39, 0.29) is 12.1 Å². The molecule has 1 unspecified atom stereocenters. The molecule has 6 heteroatoms. The Bertz CT molecular complexity index is 541. The van der Waals surface area contributed by atoms with Crippen molar-refractivity contribution in [3.05, 3.63) is 35.4 Å². The summed E-state index contributed by atoms with van der Waals surface area (Å²) >= 11 is 0. The predicted molar refractivity (Wildman–Crippen MR) is 81.7 cm³/mol. The molecule has 1 aliphatic rings. The van der Waals surface area contributed by atoms with Gasteiger partial charge in [0.15, 0.2) is 6.04 Å². The first-order valence-corrected chi connectivity index (χ1v) is 7.39. The van der Waals surface area contributed by atoms with Crippen LogP contribution in [-0.2, 0) is 9.53 Å². The maximum atomic E-state index is 12.3. The maximum Gasteiger partial charge on any atom is 0.330 e. The van der Waals surface area contributed by atoms with Crippen molar-refractivity contribution in [2.75, 3.05) is 20.3 Å². The fraction of sp³-hybridized carbons (Fsp3) is 0.500. The lowest BCUT2D eigenvalue weighted by Crippen LogP contribution is -2.48. The van der Waals surface area contributed by atoms with E-state index in [1.165, 1.54) is 0 Å². The van der Waals surface area contributed by atoms with Gasteiger partial charge in [0.25, 0.3) is 0 Å². The van der Waals surface area contributed by atoms with E-state index < -0.39 is 12.0 Å². The molecule has 2 amide bonds. The minimum atomic E-state index is -1.07. The van der Waals surface area contributed by atoms with Crippen molar-refractivity contribution >= 4 is 12.0 Å². The van der Waals surface area contributed by atoms with Crippen LogP contribution >= 0.6 is 0 Å². The average molecular weight is 306 g/mol. The molecule has 120 valence electrons. The van der Waals surface area contributed by atoms with Crippen molar-refractivity contribution in [3.63, 3.8) is 0 Å². The summed E-state index contributed by atoms with van der Waals surface area (Å²) in [6.45, 7) is 3.14. The normalized spacial score (nSPS) is 16.8. The van der Waals surface area contributed by atoms with Crippen LogP contribution in [0.1, 0.15) is 30.0 Å². The first-order chi connectivity index (χ1) is 10.5. The molecule has 1 aromatic rings. The number of carbonyl (C=O) groups is 2. The van der Waals surface area contributed by atoms with E-state index in [1.807, 2.05) is 13.0 Å². The summed E-state index contributed by atoms with van der Waals surface area (Å²) in [7, 11) is 1.69. The predicted octanol–water partition coefficient (Wildman–Crippen LogP) is 1.94. The van der Waals surface area contributed by atoms with Crippen molar-refractivity contribution in [2.45, 2.75) is 31.8 Å². The molecule has 0 aliphatic carbocycles. The van der Waals surface area contributed by atoms with Crippen LogP contribution in [0.5, 0.6) is 0 Å². The standard InChI is InChI=1S/C16H22N2O4/c1-11-4-3-5-12(10-11)14(15(19)20)17-16(21)18(2)13-6-8-22-9-7-13/h3-5,10,13-14H,6-9H2,1-2H3,(H,17,21)(H,19,20). The number of amides is 2. The lowest BCUT2D eigenvalue weighted by atomic mass is 10.0. The average Bonchev–Trinajstić information content (AvgIpc) is 2.52. The van der Waals surface area contributed by atoms with Gasteiger partial charge in [0.1, 0.15) is 0 Å². The molecular formula is C16H22N2O4. The minimum absolute atomic E-state index is 0.0840. The molecule has 1 saturated heterocycles. The van der Waals surface area contributed by atoms with Gasteiger partial charge in [0, 0.05) is 26.3 Å². The van der Waals surface area contributed by atoms with E-state index in [9.17, 15) is 14.7 Å². The van der Waals surface area contributed by atoms with Crippen molar-refractivity contribution in [3.8, 4) is 0 Å². The first kappa shape index (κ1) is 16.3. The molecule has 2 N–H and O–H groups in total. The van der Waals surface area contributed by atoms with Gasteiger partial charge in [-0.25, -0.2) is 9.59 Å². The van der Waals surface area contributed by atoms with Crippen LogP contribution in [0, 0.1) is 6.92 Å². The Hall–Kier alpha value is -2.08. The van der Waals surface area contributed by atoms with Gasteiger partial charge in [-0.2, -0.15) is 0 Å². The van der Waals surface area contributed by atoms with Crippen LogP contribution in [0.3, 0.4) is 0 Å². The molecule has 1 aromatic carbocycles. The molecule has 0 spiro atoms. The van der Waals surface area contributed by atoms with Crippen molar-refractivity contribution in [1.82, 2.24) is 10.2 Å². The van der Waals surface area contributed by atoms with Gasteiger partial charge >= 0.3 is 12.0 Å². The van der Waals surface area contributed by atoms with E-state index in [0.717, 1.165) is 18.4 Å². The zero-order chi connectivity index (χ0) is 16.1. The first-order valence-electron chi connectivity index (χ1n) is 7.39. The van der Waals surface area contributed by atoms with Gasteiger partial charge in [-0.1, -0.05) is 29.8 Å². The molecular weight excluding hydrogens is 284 g/mol. The summed E-state index contributed by atoms with van der Waals surface area (Å²) in [5.41, 5.74) is 1.53. The molecule has 22 heavy (non-hydrogen) atoms. The highest BCUT2D eigenvalue weighted by molar-refractivity contribution is 5.83. The number of carbonyl (C=O) groups excluding carboxylic acids is 1. The number of rotatable bonds is 4. The number of nitrogens with zero attached hydrogens (tertiary/aromatic N) is 1. The number of nitrogens with one attached hydrogen (secondary N) is 1. The van der Waals surface area contributed by atoms with Gasteiger partial charge in [0.05, 0.1) is 0 Å². The Morgan fingerprint density at radius 3 is 2.64 bits per heavy atom. The smallest absolute Gasteiger partial charge is 0.330 e. The molecule has 1 aliphatic heterocycles. The maximum absolute atomic E-state index is 12.3. The number of aliphatic carboxylic acids is 1. The topological polar surface area (TPSA) is 78.9 Å². The van der Waals surface area contributed by atoms with Crippen LogP contribution in [0.15, 0.2) is 24.3 Å². The summed E-state index contributed by atoms with van der Waals surface area (Å²) < 4.78 is 5.28. The number of benzene rings is 1. The van der Waals surface area contributed by atoms with Gasteiger partial charge in [0.2, 0.25) is 0 Å². The molecule has 0 aromatic heterocycles. The summed E-state index contributed by atoms with van der Waals surface area (Å²) in [4.78, 5) is 25.4. The summed E-state index contributed by atoms with van der Waals surface area (Å²) in [6, 6.07) is 5.82. The van der Waals surface area contributed by atoms with Crippen molar-refractivity contribution in [2.24, 2.45) is 0 Å². The Morgan fingerprint density at radius 2 is 2.05 bits per heavy atom. The lowest BCUT2D eigenvalue weighted by Gasteiger charge is -2.32. The third-order valence-electron chi connectivity index (χ3n) is 3.95. The molecule has 0 bridgehead atoms. The van der Waals surface area contributed by atoms with E-state index in [2.05, 4.69) is 5.32 Å². The number of hydrogen-bond donors (Lipinski definition) is 2. The quantitative estimate of drug-likeness (QED) is 0.891. The monoisotopic (exact) mass is 306 g/mol. The molecule has 0 saturated carbocycles. The van der Waals surface area contributed by atoms with Crippen molar-refractivity contribution < 1.29 is 19.4 Å². The zero-order valence-electron chi connectivity index (χ0n) is 12.9. The number of hydrogen-bond acceptors (Lipinski definition) is 3. The number of urea groups is 1. The minimum Gasteiger partial charge on any atom is -0.479 e. The Balaban J connectivity index is 2.07. The van der Waals surface area contributed by atoms with E-state index in [4.69, 9.17) is 4.74 Å². The summed E-state index contributed by atoms with van der Waals surface area (Å²) in [5, 5.41) is 12.0. The highest BCUT2D eigenvalue weighted by Gasteiger charge is 2.27. The third-order valence-corrected chi connectivity index (χ3v) is 3.95.